The summed E-state index contributed by atoms with van der Waals surface area (Å²) in [5, 5.41) is 4.42. The number of aryl methyl sites for hydroxylation is 1. The number of ether oxygens (including phenoxy) is 1. The zero-order chi connectivity index (χ0) is 13.1. The average Bonchev–Trinajstić information content (AvgIpc) is 2.67. The molecule has 0 atom stereocenters. The van der Waals surface area contributed by atoms with Crippen LogP contribution in [0.5, 0.6) is 5.75 Å². The van der Waals surface area contributed by atoms with Crippen LogP contribution < -0.4 is 10.5 Å². The van der Waals surface area contributed by atoms with Gasteiger partial charge in [-0.15, -0.1) is 0 Å². The van der Waals surface area contributed by atoms with Crippen LogP contribution in [0.2, 0.25) is 0 Å². The van der Waals surface area contributed by atoms with E-state index in [4.69, 9.17) is 10.5 Å². The third-order valence-corrected chi connectivity index (χ3v) is 3.05. The Morgan fingerprint density at radius 2 is 1.94 bits per heavy atom. The molecule has 0 aliphatic carbocycles. The zero-order valence-corrected chi connectivity index (χ0v) is 11.1. The standard InChI is InChI=1S/C14H19N3O/c1-4-18-12-7-5-11(6-8-12)14-10(2)17(3)16-13(14)9-15/h5-8H,4,9,15H2,1-3H3. The van der Waals surface area contributed by atoms with Gasteiger partial charge in [-0.1, -0.05) is 12.1 Å². The van der Waals surface area contributed by atoms with Crippen molar-refractivity contribution in [3.8, 4) is 16.9 Å². The summed E-state index contributed by atoms with van der Waals surface area (Å²) in [6.45, 7) is 5.16. The molecule has 18 heavy (non-hydrogen) atoms. The van der Waals surface area contributed by atoms with E-state index in [0.29, 0.717) is 13.2 Å². The summed E-state index contributed by atoms with van der Waals surface area (Å²) >= 11 is 0. The minimum atomic E-state index is 0.449. The van der Waals surface area contributed by atoms with Gasteiger partial charge >= 0.3 is 0 Å². The summed E-state index contributed by atoms with van der Waals surface area (Å²) in [6.07, 6.45) is 0. The smallest absolute Gasteiger partial charge is 0.119 e. The monoisotopic (exact) mass is 245 g/mol. The molecular formula is C14H19N3O. The SMILES string of the molecule is CCOc1ccc(-c2c(CN)nn(C)c2C)cc1. The van der Waals surface area contributed by atoms with Crippen molar-refractivity contribution in [1.29, 1.82) is 0 Å². The van der Waals surface area contributed by atoms with E-state index < -0.39 is 0 Å². The van der Waals surface area contributed by atoms with Crippen LogP contribution in [0.15, 0.2) is 24.3 Å². The second-order valence-electron chi connectivity index (χ2n) is 4.19. The first kappa shape index (κ1) is 12.6. The fraction of sp³-hybridized carbons (Fsp3) is 0.357. The fourth-order valence-electron chi connectivity index (χ4n) is 2.08. The van der Waals surface area contributed by atoms with Crippen molar-refractivity contribution in [3.05, 3.63) is 35.7 Å². The van der Waals surface area contributed by atoms with Crippen molar-refractivity contribution in [2.24, 2.45) is 12.8 Å². The molecule has 0 unspecified atom stereocenters. The second-order valence-corrected chi connectivity index (χ2v) is 4.19. The van der Waals surface area contributed by atoms with E-state index in [2.05, 4.69) is 12.0 Å². The molecule has 1 heterocycles. The number of rotatable bonds is 4. The quantitative estimate of drug-likeness (QED) is 0.898. The van der Waals surface area contributed by atoms with Crippen molar-refractivity contribution in [3.63, 3.8) is 0 Å². The van der Waals surface area contributed by atoms with E-state index >= 15 is 0 Å². The topological polar surface area (TPSA) is 53.1 Å². The van der Waals surface area contributed by atoms with Crippen LogP contribution in [0.4, 0.5) is 0 Å². The third kappa shape index (κ3) is 2.24. The van der Waals surface area contributed by atoms with Gasteiger partial charge in [0.2, 0.25) is 0 Å². The highest BCUT2D eigenvalue weighted by Crippen LogP contribution is 2.28. The van der Waals surface area contributed by atoms with Crippen molar-refractivity contribution >= 4 is 0 Å². The van der Waals surface area contributed by atoms with Crippen LogP contribution in [0.3, 0.4) is 0 Å². The Balaban J connectivity index is 2.42. The minimum absolute atomic E-state index is 0.449. The minimum Gasteiger partial charge on any atom is -0.494 e. The highest BCUT2D eigenvalue weighted by molar-refractivity contribution is 5.69. The average molecular weight is 245 g/mol. The molecule has 0 saturated carbocycles. The maximum absolute atomic E-state index is 5.75. The van der Waals surface area contributed by atoms with E-state index in [1.807, 2.05) is 42.9 Å². The number of hydrogen-bond donors (Lipinski definition) is 1. The van der Waals surface area contributed by atoms with Crippen LogP contribution in [-0.4, -0.2) is 16.4 Å². The molecule has 0 radical (unpaired) electrons. The summed E-state index contributed by atoms with van der Waals surface area (Å²) in [6, 6.07) is 8.06. The Bertz CT molecular complexity index is 529. The molecule has 2 aromatic rings. The molecule has 0 fully saturated rings. The lowest BCUT2D eigenvalue weighted by atomic mass is 10.0. The van der Waals surface area contributed by atoms with Gasteiger partial charge in [-0.05, 0) is 31.5 Å². The molecule has 2 rings (SSSR count). The molecule has 0 spiro atoms. The largest absolute Gasteiger partial charge is 0.494 e. The van der Waals surface area contributed by atoms with Gasteiger partial charge < -0.3 is 10.5 Å². The fourth-order valence-corrected chi connectivity index (χ4v) is 2.08. The van der Waals surface area contributed by atoms with Gasteiger partial charge in [0.05, 0.1) is 12.3 Å². The molecule has 96 valence electrons. The van der Waals surface area contributed by atoms with Crippen molar-refractivity contribution in [2.45, 2.75) is 20.4 Å². The molecule has 0 aliphatic heterocycles. The van der Waals surface area contributed by atoms with E-state index in [1.54, 1.807) is 0 Å². The van der Waals surface area contributed by atoms with E-state index in [9.17, 15) is 0 Å². The summed E-state index contributed by atoms with van der Waals surface area (Å²) in [7, 11) is 1.94. The first-order chi connectivity index (χ1) is 8.67. The Morgan fingerprint density at radius 3 is 2.50 bits per heavy atom. The van der Waals surface area contributed by atoms with Gasteiger partial charge in [0.1, 0.15) is 5.75 Å². The van der Waals surface area contributed by atoms with Gasteiger partial charge in [-0.3, -0.25) is 4.68 Å². The number of nitrogens with zero attached hydrogens (tertiary/aromatic N) is 2. The Labute approximate surface area is 107 Å². The normalized spacial score (nSPS) is 10.7. The van der Waals surface area contributed by atoms with Gasteiger partial charge in [0.25, 0.3) is 0 Å². The lowest BCUT2D eigenvalue weighted by molar-refractivity contribution is 0.340. The maximum atomic E-state index is 5.75. The van der Waals surface area contributed by atoms with Crippen molar-refractivity contribution < 1.29 is 4.74 Å². The lowest BCUT2D eigenvalue weighted by Crippen LogP contribution is -1.99. The third-order valence-electron chi connectivity index (χ3n) is 3.05. The lowest BCUT2D eigenvalue weighted by Gasteiger charge is -2.06. The first-order valence-electron chi connectivity index (χ1n) is 6.13. The predicted molar refractivity (Wildman–Crippen MR) is 72.4 cm³/mol. The van der Waals surface area contributed by atoms with E-state index in [-0.39, 0.29) is 0 Å². The van der Waals surface area contributed by atoms with Crippen LogP contribution in [0.1, 0.15) is 18.3 Å². The maximum Gasteiger partial charge on any atom is 0.119 e. The van der Waals surface area contributed by atoms with Gasteiger partial charge in [0, 0.05) is 24.8 Å². The highest BCUT2D eigenvalue weighted by atomic mass is 16.5. The van der Waals surface area contributed by atoms with Crippen LogP contribution in [0.25, 0.3) is 11.1 Å². The van der Waals surface area contributed by atoms with E-state index in [1.165, 1.54) is 0 Å². The van der Waals surface area contributed by atoms with Crippen molar-refractivity contribution in [2.75, 3.05) is 6.61 Å². The van der Waals surface area contributed by atoms with Gasteiger partial charge in [0.15, 0.2) is 0 Å². The summed E-state index contributed by atoms with van der Waals surface area (Å²) in [5.74, 6) is 0.886. The number of hydrogen-bond acceptors (Lipinski definition) is 3. The number of nitrogens with two attached hydrogens (primary N) is 1. The van der Waals surface area contributed by atoms with Crippen LogP contribution in [-0.2, 0) is 13.6 Å². The molecule has 0 aliphatic rings. The molecule has 4 nitrogen and oxygen atoms in total. The van der Waals surface area contributed by atoms with E-state index in [0.717, 1.165) is 28.3 Å². The molecule has 1 aromatic heterocycles. The Kier molecular flexibility index (Phi) is 3.67. The predicted octanol–water partition coefficient (Wildman–Crippen LogP) is 2.25. The number of benzene rings is 1. The molecule has 0 amide bonds. The molecule has 4 heteroatoms. The number of aromatic nitrogens is 2. The zero-order valence-electron chi connectivity index (χ0n) is 11.1. The van der Waals surface area contributed by atoms with Crippen molar-refractivity contribution in [1.82, 2.24) is 9.78 Å². The molecule has 0 bridgehead atoms. The van der Waals surface area contributed by atoms with Gasteiger partial charge in [-0.25, -0.2) is 0 Å². The first-order valence-corrected chi connectivity index (χ1v) is 6.13. The Morgan fingerprint density at radius 1 is 1.28 bits per heavy atom. The Hall–Kier alpha value is -1.81. The molecule has 2 N–H and O–H groups in total. The molecule has 0 saturated heterocycles. The summed E-state index contributed by atoms with van der Waals surface area (Å²) in [5.41, 5.74) is 10.1. The highest BCUT2D eigenvalue weighted by Gasteiger charge is 2.13. The molecular weight excluding hydrogens is 226 g/mol. The van der Waals surface area contributed by atoms with Crippen LogP contribution >= 0.6 is 0 Å². The second kappa shape index (κ2) is 5.23. The summed E-state index contributed by atoms with van der Waals surface area (Å²) < 4.78 is 7.31. The molecule has 1 aromatic carbocycles. The summed E-state index contributed by atoms with van der Waals surface area (Å²) in [4.78, 5) is 0. The van der Waals surface area contributed by atoms with Crippen LogP contribution in [0, 0.1) is 6.92 Å². The van der Waals surface area contributed by atoms with Gasteiger partial charge in [-0.2, -0.15) is 5.10 Å².